The van der Waals surface area contributed by atoms with E-state index in [0.717, 1.165) is 23.3 Å². The molecule has 1 atom stereocenters. The van der Waals surface area contributed by atoms with Gasteiger partial charge in [-0.15, -0.1) is 0 Å². The third kappa shape index (κ3) is 4.37. The van der Waals surface area contributed by atoms with Gasteiger partial charge in [-0.05, 0) is 48.7 Å². The van der Waals surface area contributed by atoms with Gasteiger partial charge in [0.15, 0.2) is 5.17 Å². The number of amidine groups is 1. The van der Waals surface area contributed by atoms with Gasteiger partial charge in [-0.2, -0.15) is 0 Å². The quantitative estimate of drug-likeness (QED) is 0.815. The first kappa shape index (κ1) is 18.7. The number of nitrogens with two attached hydrogens (primary N) is 1. The monoisotopic (exact) mass is 391 g/mol. The standard InChI is InChI=1S/C19H19ClFN3OS/c1-19(8-9-26-18(22)24-19)13-4-7-15(21)16(11-13)23-17(25)10-12-2-5-14(20)6-3-12/h2-7,11H,8-10H2,1H3,(H2,22,24)(H,23,25). The smallest absolute Gasteiger partial charge is 0.228 e. The number of benzene rings is 2. The molecular weight excluding hydrogens is 373 g/mol. The van der Waals surface area contributed by atoms with Gasteiger partial charge in [0.05, 0.1) is 17.6 Å². The zero-order valence-corrected chi connectivity index (χ0v) is 15.8. The van der Waals surface area contributed by atoms with Crippen molar-refractivity contribution in [3.05, 3.63) is 64.4 Å². The molecule has 136 valence electrons. The molecule has 1 heterocycles. The van der Waals surface area contributed by atoms with Crippen molar-refractivity contribution >= 4 is 40.1 Å². The second-order valence-electron chi connectivity index (χ2n) is 6.37. The second-order valence-corrected chi connectivity index (χ2v) is 7.92. The van der Waals surface area contributed by atoms with Crippen LogP contribution in [0.1, 0.15) is 24.5 Å². The summed E-state index contributed by atoms with van der Waals surface area (Å²) in [5.41, 5.74) is 7.11. The molecule has 3 rings (SSSR count). The number of anilines is 1. The molecule has 0 saturated heterocycles. The Kier molecular flexibility index (Phi) is 5.53. The summed E-state index contributed by atoms with van der Waals surface area (Å²) < 4.78 is 14.2. The van der Waals surface area contributed by atoms with Gasteiger partial charge in [-0.3, -0.25) is 9.79 Å². The van der Waals surface area contributed by atoms with Gasteiger partial charge < -0.3 is 11.1 Å². The van der Waals surface area contributed by atoms with Crippen LogP contribution in [0.2, 0.25) is 5.02 Å². The SMILES string of the molecule is CC1(c2ccc(F)c(NC(=O)Cc3ccc(Cl)cc3)c2)CCSC(N)=N1. The van der Waals surface area contributed by atoms with E-state index in [4.69, 9.17) is 17.3 Å². The fourth-order valence-electron chi connectivity index (χ4n) is 2.83. The number of amides is 1. The number of halogens is 2. The van der Waals surface area contributed by atoms with Crippen molar-refractivity contribution in [1.82, 2.24) is 0 Å². The molecule has 0 aromatic heterocycles. The van der Waals surface area contributed by atoms with E-state index in [1.54, 1.807) is 36.4 Å². The van der Waals surface area contributed by atoms with Crippen LogP contribution in [0, 0.1) is 5.82 Å². The number of rotatable bonds is 4. The highest BCUT2D eigenvalue weighted by Crippen LogP contribution is 2.36. The van der Waals surface area contributed by atoms with Crippen LogP contribution >= 0.6 is 23.4 Å². The Hall–Kier alpha value is -2.05. The Labute approximate surface area is 161 Å². The van der Waals surface area contributed by atoms with Crippen LogP contribution < -0.4 is 11.1 Å². The van der Waals surface area contributed by atoms with E-state index in [0.29, 0.717) is 10.2 Å². The van der Waals surface area contributed by atoms with Crippen molar-refractivity contribution in [3.63, 3.8) is 0 Å². The highest BCUT2D eigenvalue weighted by Gasteiger charge is 2.30. The largest absolute Gasteiger partial charge is 0.379 e. The maximum atomic E-state index is 14.2. The predicted octanol–water partition coefficient (Wildman–Crippen LogP) is 4.33. The lowest BCUT2D eigenvalue weighted by atomic mass is 9.89. The maximum Gasteiger partial charge on any atom is 0.228 e. The van der Waals surface area contributed by atoms with E-state index >= 15 is 0 Å². The molecule has 2 aromatic rings. The minimum Gasteiger partial charge on any atom is -0.379 e. The summed E-state index contributed by atoms with van der Waals surface area (Å²) in [6.07, 6.45) is 0.933. The van der Waals surface area contributed by atoms with E-state index in [9.17, 15) is 9.18 Å². The fourth-order valence-corrected chi connectivity index (χ4v) is 3.93. The molecule has 1 aliphatic heterocycles. The number of nitrogens with one attached hydrogen (secondary N) is 1. The number of carbonyl (C=O) groups is 1. The highest BCUT2D eigenvalue weighted by atomic mass is 35.5. The van der Waals surface area contributed by atoms with Crippen LogP contribution in [0.4, 0.5) is 10.1 Å². The third-order valence-electron chi connectivity index (χ3n) is 4.34. The normalized spacial score (nSPS) is 19.7. The second kappa shape index (κ2) is 7.68. The van der Waals surface area contributed by atoms with Crippen molar-refractivity contribution in [2.75, 3.05) is 11.1 Å². The van der Waals surface area contributed by atoms with E-state index < -0.39 is 11.4 Å². The summed E-state index contributed by atoms with van der Waals surface area (Å²) in [4.78, 5) is 16.8. The average Bonchev–Trinajstić information content (AvgIpc) is 2.58. The number of hydrogen-bond donors (Lipinski definition) is 2. The lowest BCUT2D eigenvalue weighted by Gasteiger charge is -2.30. The molecule has 3 N–H and O–H groups in total. The molecule has 1 amide bonds. The Morgan fingerprint density at radius 1 is 1.35 bits per heavy atom. The first-order valence-corrected chi connectivity index (χ1v) is 9.54. The van der Waals surface area contributed by atoms with Crippen molar-refractivity contribution in [2.24, 2.45) is 10.7 Å². The van der Waals surface area contributed by atoms with Crippen molar-refractivity contribution in [3.8, 4) is 0 Å². The summed E-state index contributed by atoms with van der Waals surface area (Å²) in [5, 5.41) is 3.78. The van der Waals surface area contributed by atoms with E-state index in [-0.39, 0.29) is 18.0 Å². The van der Waals surface area contributed by atoms with E-state index in [1.807, 2.05) is 6.92 Å². The van der Waals surface area contributed by atoms with Gasteiger partial charge in [0, 0.05) is 10.8 Å². The number of thioether (sulfide) groups is 1. The molecule has 2 aromatic carbocycles. The zero-order valence-electron chi connectivity index (χ0n) is 14.3. The van der Waals surface area contributed by atoms with Gasteiger partial charge in [0.2, 0.25) is 5.91 Å². The molecule has 0 spiro atoms. The average molecular weight is 392 g/mol. The van der Waals surface area contributed by atoms with E-state index in [2.05, 4.69) is 10.3 Å². The number of aliphatic imine (C=N–C) groups is 1. The van der Waals surface area contributed by atoms with E-state index in [1.165, 1.54) is 17.8 Å². The minimum absolute atomic E-state index is 0.139. The minimum atomic E-state index is -0.515. The molecular formula is C19H19ClFN3OS. The molecule has 0 fully saturated rings. The first-order chi connectivity index (χ1) is 12.4. The molecule has 4 nitrogen and oxygen atoms in total. The summed E-state index contributed by atoms with van der Waals surface area (Å²) in [6, 6.07) is 11.7. The first-order valence-electron chi connectivity index (χ1n) is 8.18. The molecule has 26 heavy (non-hydrogen) atoms. The van der Waals surface area contributed by atoms with Crippen LogP contribution in [0.3, 0.4) is 0 Å². The third-order valence-corrected chi connectivity index (χ3v) is 5.38. The molecule has 0 bridgehead atoms. The lowest BCUT2D eigenvalue weighted by molar-refractivity contribution is -0.115. The van der Waals surface area contributed by atoms with Crippen LogP contribution in [-0.2, 0) is 16.8 Å². The van der Waals surface area contributed by atoms with Crippen molar-refractivity contribution in [1.29, 1.82) is 0 Å². The molecule has 1 unspecified atom stereocenters. The Morgan fingerprint density at radius 3 is 2.77 bits per heavy atom. The van der Waals surface area contributed by atoms with Gasteiger partial charge in [-0.1, -0.05) is 41.6 Å². The summed E-state index contributed by atoms with van der Waals surface area (Å²) in [7, 11) is 0. The maximum absolute atomic E-state index is 14.2. The molecule has 0 radical (unpaired) electrons. The van der Waals surface area contributed by atoms with Gasteiger partial charge in [0.1, 0.15) is 5.82 Å². The highest BCUT2D eigenvalue weighted by molar-refractivity contribution is 8.13. The van der Waals surface area contributed by atoms with Crippen LogP contribution in [-0.4, -0.2) is 16.8 Å². The lowest BCUT2D eigenvalue weighted by Crippen LogP contribution is -2.29. The number of carbonyl (C=O) groups excluding carboxylic acids is 1. The summed E-state index contributed by atoms with van der Waals surface area (Å²) in [6.45, 7) is 1.96. The van der Waals surface area contributed by atoms with Crippen LogP contribution in [0.25, 0.3) is 0 Å². The predicted molar refractivity (Wildman–Crippen MR) is 106 cm³/mol. The molecule has 1 aliphatic rings. The fraction of sp³-hybridized carbons (Fsp3) is 0.263. The number of hydrogen-bond acceptors (Lipinski definition) is 4. The van der Waals surface area contributed by atoms with Crippen LogP contribution in [0.15, 0.2) is 47.5 Å². The van der Waals surface area contributed by atoms with Crippen molar-refractivity contribution in [2.45, 2.75) is 25.3 Å². The van der Waals surface area contributed by atoms with Crippen molar-refractivity contribution < 1.29 is 9.18 Å². The van der Waals surface area contributed by atoms with Crippen LogP contribution in [0.5, 0.6) is 0 Å². The Morgan fingerprint density at radius 2 is 2.08 bits per heavy atom. The zero-order chi connectivity index (χ0) is 18.7. The molecule has 0 saturated carbocycles. The summed E-state index contributed by atoms with van der Waals surface area (Å²) in [5.74, 6) is 0.0706. The van der Waals surface area contributed by atoms with Gasteiger partial charge in [0.25, 0.3) is 0 Å². The van der Waals surface area contributed by atoms with Gasteiger partial charge in [-0.25, -0.2) is 4.39 Å². The van der Waals surface area contributed by atoms with Gasteiger partial charge >= 0.3 is 0 Å². The Bertz CT molecular complexity index is 856. The topological polar surface area (TPSA) is 67.5 Å². The number of nitrogens with zero attached hydrogens (tertiary/aromatic N) is 1. The molecule has 0 aliphatic carbocycles. The Balaban J connectivity index is 1.78. The summed E-state index contributed by atoms with van der Waals surface area (Å²) >= 11 is 7.35. The molecule has 7 heteroatoms.